The summed E-state index contributed by atoms with van der Waals surface area (Å²) in [6.07, 6.45) is 6.45. The standard InChI is InChI=1S/C17H27BO2/c1-4-5-6-7-8-15-9-11-16(12-10-15)18-19-13-17(2,3)14-20-18/h9-12H,4-8,13-14H2,1-3H3. The third-order valence-electron chi connectivity index (χ3n) is 3.82. The third kappa shape index (κ3) is 4.64. The molecular weight excluding hydrogens is 247 g/mol. The minimum absolute atomic E-state index is 0.135. The smallest absolute Gasteiger partial charge is 0.407 e. The van der Waals surface area contributed by atoms with Crippen molar-refractivity contribution < 1.29 is 9.31 Å². The van der Waals surface area contributed by atoms with E-state index in [2.05, 4.69) is 45.0 Å². The number of benzene rings is 1. The van der Waals surface area contributed by atoms with Crippen molar-refractivity contribution in [2.75, 3.05) is 13.2 Å². The quantitative estimate of drug-likeness (QED) is 0.583. The van der Waals surface area contributed by atoms with Gasteiger partial charge in [-0.05, 0) is 23.9 Å². The second kappa shape index (κ2) is 7.28. The fourth-order valence-corrected chi connectivity index (χ4v) is 2.48. The van der Waals surface area contributed by atoms with Gasteiger partial charge in [-0.15, -0.1) is 0 Å². The third-order valence-corrected chi connectivity index (χ3v) is 3.82. The summed E-state index contributed by atoms with van der Waals surface area (Å²) >= 11 is 0. The van der Waals surface area contributed by atoms with Crippen LogP contribution in [0.1, 0.15) is 52.0 Å². The maximum Gasteiger partial charge on any atom is 0.493 e. The van der Waals surface area contributed by atoms with Gasteiger partial charge in [0.05, 0.1) is 0 Å². The van der Waals surface area contributed by atoms with Crippen LogP contribution in [0.25, 0.3) is 0 Å². The molecule has 0 saturated carbocycles. The van der Waals surface area contributed by atoms with Crippen LogP contribution in [0.2, 0.25) is 0 Å². The summed E-state index contributed by atoms with van der Waals surface area (Å²) in [6.45, 7) is 8.11. The molecule has 0 aliphatic carbocycles. The van der Waals surface area contributed by atoms with Crippen LogP contribution >= 0.6 is 0 Å². The molecule has 110 valence electrons. The van der Waals surface area contributed by atoms with Gasteiger partial charge in [-0.1, -0.05) is 64.3 Å². The molecule has 0 N–H and O–H groups in total. The Morgan fingerprint density at radius 2 is 1.65 bits per heavy atom. The van der Waals surface area contributed by atoms with E-state index in [0.717, 1.165) is 18.7 Å². The molecule has 2 nitrogen and oxygen atoms in total. The van der Waals surface area contributed by atoms with Gasteiger partial charge in [0.25, 0.3) is 0 Å². The van der Waals surface area contributed by atoms with Crippen molar-refractivity contribution in [1.29, 1.82) is 0 Å². The molecule has 1 aliphatic rings. The molecule has 20 heavy (non-hydrogen) atoms. The molecule has 0 spiro atoms. The lowest BCUT2D eigenvalue weighted by atomic mass is 9.75. The van der Waals surface area contributed by atoms with Gasteiger partial charge in [0.15, 0.2) is 0 Å². The minimum atomic E-state index is -0.183. The van der Waals surface area contributed by atoms with E-state index < -0.39 is 0 Å². The molecule has 1 heterocycles. The SMILES string of the molecule is CCCCCCc1ccc(B2OCC(C)(C)CO2)cc1. The average Bonchev–Trinajstić information content (AvgIpc) is 2.45. The number of rotatable bonds is 6. The maximum absolute atomic E-state index is 5.81. The Labute approximate surface area is 124 Å². The van der Waals surface area contributed by atoms with Crippen LogP contribution in [-0.4, -0.2) is 20.3 Å². The summed E-state index contributed by atoms with van der Waals surface area (Å²) in [5, 5.41) is 0. The summed E-state index contributed by atoms with van der Waals surface area (Å²) in [5.41, 5.74) is 2.69. The molecule has 0 aromatic heterocycles. The highest BCUT2D eigenvalue weighted by Crippen LogP contribution is 2.21. The largest absolute Gasteiger partial charge is 0.493 e. The fraction of sp³-hybridized carbons (Fsp3) is 0.647. The van der Waals surface area contributed by atoms with Crippen LogP contribution in [0.15, 0.2) is 24.3 Å². The van der Waals surface area contributed by atoms with Gasteiger partial charge in [-0.25, -0.2) is 0 Å². The Morgan fingerprint density at radius 1 is 1.00 bits per heavy atom. The van der Waals surface area contributed by atoms with E-state index in [9.17, 15) is 0 Å². The summed E-state index contributed by atoms with van der Waals surface area (Å²) in [6, 6.07) is 8.73. The lowest BCUT2D eigenvalue weighted by Gasteiger charge is -2.33. The topological polar surface area (TPSA) is 18.5 Å². The van der Waals surface area contributed by atoms with E-state index in [0.29, 0.717) is 0 Å². The Morgan fingerprint density at radius 3 is 2.25 bits per heavy atom. The lowest BCUT2D eigenvalue weighted by Crippen LogP contribution is -2.47. The number of aryl methyl sites for hydroxylation is 1. The van der Waals surface area contributed by atoms with Gasteiger partial charge in [-0.3, -0.25) is 0 Å². The first kappa shape index (κ1) is 15.6. The molecule has 1 aromatic carbocycles. The van der Waals surface area contributed by atoms with Crippen molar-refractivity contribution in [2.24, 2.45) is 5.41 Å². The fourth-order valence-electron chi connectivity index (χ4n) is 2.48. The van der Waals surface area contributed by atoms with E-state index in [1.165, 1.54) is 37.7 Å². The first-order valence-electron chi connectivity index (χ1n) is 7.93. The molecule has 1 saturated heterocycles. The van der Waals surface area contributed by atoms with Crippen molar-refractivity contribution in [3.8, 4) is 0 Å². The Balaban J connectivity index is 1.82. The van der Waals surface area contributed by atoms with Gasteiger partial charge in [0.1, 0.15) is 0 Å². The van der Waals surface area contributed by atoms with E-state index in [1.807, 2.05) is 0 Å². The maximum atomic E-state index is 5.81. The van der Waals surface area contributed by atoms with Crippen LogP contribution in [0.3, 0.4) is 0 Å². The zero-order chi connectivity index (χ0) is 14.4. The van der Waals surface area contributed by atoms with Gasteiger partial charge < -0.3 is 9.31 Å². The van der Waals surface area contributed by atoms with Crippen molar-refractivity contribution in [3.63, 3.8) is 0 Å². The van der Waals surface area contributed by atoms with Gasteiger partial charge in [0.2, 0.25) is 0 Å². The normalized spacial score (nSPS) is 18.2. The van der Waals surface area contributed by atoms with E-state index in [1.54, 1.807) is 0 Å². The Kier molecular flexibility index (Phi) is 5.68. The molecule has 3 heteroatoms. The summed E-state index contributed by atoms with van der Waals surface area (Å²) in [4.78, 5) is 0. The number of unbranched alkanes of at least 4 members (excludes halogenated alkanes) is 3. The zero-order valence-electron chi connectivity index (χ0n) is 13.2. The van der Waals surface area contributed by atoms with Gasteiger partial charge in [-0.2, -0.15) is 0 Å². The zero-order valence-corrected chi connectivity index (χ0v) is 13.2. The average molecular weight is 274 g/mol. The van der Waals surface area contributed by atoms with E-state index in [4.69, 9.17) is 9.31 Å². The summed E-state index contributed by atoms with van der Waals surface area (Å²) < 4.78 is 11.6. The molecule has 0 amide bonds. The van der Waals surface area contributed by atoms with Crippen LogP contribution < -0.4 is 5.46 Å². The molecule has 2 rings (SSSR count). The van der Waals surface area contributed by atoms with Crippen molar-refractivity contribution in [1.82, 2.24) is 0 Å². The van der Waals surface area contributed by atoms with Gasteiger partial charge >= 0.3 is 7.12 Å². The number of hydrogen-bond acceptors (Lipinski definition) is 2. The Hall–Kier alpha value is -0.795. The summed E-state index contributed by atoms with van der Waals surface area (Å²) in [5.74, 6) is 0. The lowest BCUT2D eigenvalue weighted by molar-refractivity contribution is 0.0343. The first-order chi connectivity index (χ1) is 9.61. The molecule has 0 unspecified atom stereocenters. The van der Waals surface area contributed by atoms with Crippen LogP contribution in [-0.2, 0) is 15.7 Å². The van der Waals surface area contributed by atoms with Crippen molar-refractivity contribution >= 4 is 12.6 Å². The molecule has 0 bridgehead atoms. The molecule has 0 atom stereocenters. The molecule has 0 radical (unpaired) electrons. The second-order valence-electron chi connectivity index (χ2n) is 6.67. The summed E-state index contributed by atoms with van der Waals surface area (Å²) in [7, 11) is -0.183. The molecular formula is C17H27BO2. The van der Waals surface area contributed by atoms with Crippen LogP contribution in [0.5, 0.6) is 0 Å². The number of hydrogen-bond donors (Lipinski definition) is 0. The highest BCUT2D eigenvalue weighted by atomic mass is 16.6. The predicted molar refractivity (Wildman–Crippen MR) is 85.4 cm³/mol. The van der Waals surface area contributed by atoms with Crippen molar-refractivity contribution in [3.05, 3.63) is 29.8 Å². The van der Waals surface area contributed by atoms with E-state index >= 15 is 0 Å². The highest BCUT2D eigenvalue weighted by molar-refractivity contribution is 6.61. The molecule has 1 aromatic rings. The second-order valence-corrected chi connectivity index (χ2v) is 6.67. The monoisotopic (exact) mass is 274 g/mol. The highest BCUT2D eigenvalue weighted by Gasteiger charge is 2.33. The van der Waals surface area contributed by atoms with E-state index in [-0.39, 0.29) is 12.5 Å². The predicted octanol–water partition coefficient (Wildman–Crippen LogP) is 3.58. The molecule has 1 aliphatic heterocycles. The molecule has 1 fully saturated rings. The van der Waals surface area contributed by atoms with Crippen LogP contribution in [0.4, 0.5) is 0 Å². The minimum Gasteiger partial charge on any atom is -0.407 e. The Bertz CT molecular complexity index is 390. The van der Waals surface area contributed by atoms with Gasteiger partial charge in [0, 0.05) is 18.6 Å². The van der Waals surface area contributed by atoms with Crippen molar-refractivity contribution in [2.45, 2.75) is 52.9 Å². The first-order valence-corrected chi connectivity index (χ1v) is 7.93. The van der Waals surface area contributed by atoms with Crippen LogP contribution in [0, 0.1) is 5.41 Å².